The molecule has 0 radical (unpaired) electrons. The molecule has 0 saturated carbocycles. The van der Waals surface area contributed by atoms with E-state index in [4.69, 9.17) is 5.73 Å². The van der Waals surface area contributed by atoms with E-state index < -0.39 is 0 Å². The summed E-state index contributed by atoms with van der Waals surface area (Å²) >= 11 is 0. The molecule has 10 heavy (non-hydrogen) atoms. The largest absolute Gasteiger partial charge is 0.330 e. The van der Waals surface area contributed by atoms with Crippen LogP contribution in [-0.4, -0.2) is 19.1 Å². The summed E-state index contributed by atoms with van der Waals surface area (Å²) in [5, 5.41) is 3.49. The van der Waals surface area contributed by atoms with Crippen LogP contribution < -0.4 is 11.1 Å². The highest BCUT2D eigenvalue weighted by Gasteiger charge is 2.15. The van der Waals surface area contributed by atoms with E-state index >= 15 is 0 Å². The smallest absolute Gasteiger partial charge is 0.00792 e. The van der Waals surface area contributed by atoms with Crippen molar-refractivity contribution in [2.75, 3.05) is 13.1 Å². The minimum Gasteiger partial charge on any atom is -0.330 e. The Balaban J connectivity index is 2.13. The van der Waals surface area contributed by atoms with Crippen LogP contribution >= 0.6 is 0 Å². The maximum absolute atomic E-state index is 5.45. The van der Waals surface area contributed by atoms with Gasteiger partial charge in [0, 0.05) is 6.04 Å². The lowest BCUT2D eigenvalue weighted by Gasteiger charge is -2.27. The van der Waals surface area contributed by atoms with E-state index in [1.165, 1.54) is 19.4 Å². The zero-order chi connectivity index (χ0) is 7.40. The monoisotopic (exact) mass is 142 g/mol. The van der Waals surface area contributed by atoms with Crippen LogP contribution in [0, 0.1) is 5.92 Å². The number of nitrogens with one attached hydrogen (secondary N) is 1. The van der Waals surface area contributed by atoms with Crippen molar-refractivity contribution in [2.45, 2.75) is 32.2 Å². The Morgan fingerprint density at radius 3 is 2.80 bits per heavy atom. The van der Waals surface area contributed by atoms with Crippen molar-refractivity contribution >= 4 is 0 Å². The molecule has 0 amide bonds. The number of hydrogen-bond acceptors (Lipinski definition) is 2. The first kappa shape index (κ1) is 8.02. The molecule has 2 heteroatoms. The van der Waals surface area contributed by atoms with Crippen LogP contribution in [0.3, 0.4) is 0 Å². The molecule has 0 aliphatic carbocycles. The van der Waals surface area contributed by atoms with Crippen molar-refractivity contribution < 1.29 is 0 Å². The van der Waals surface area contributed by atoms with Crippen molar-refractivity contribution in [3.63, 3.8) is 0 Å². The Morgan fingerprint density at radius 2 is 2.30 bits per heavy atom. The zero-order valence-corrected chi connectivity index (χ0v) is 6.77. The molecule has 0 aromatic heterocycles. The van der Waals surface area contributed by atoms with E-state index in [0.717, 1.165) is 18.9 Å². The van der Waals surface area contributed by atoms with Crippen molar-refractivity contribution in [1.82, 2.24) is 5.32 Å². The van der Waals surface area contributed by atoms with Crippen molar-refractivity contribution in [2.24, 2.45) is 11.7 Å². The van der Waals surface area contributed by atoms with Crippen LogP contribution in [0.25, 0.3) is 0 Å². The molecule has 2 nitrogen and oxygen atoms in total. The van der Waals surface area contributed by atoms with Gasteiger partial charge in [-0.05, 0) is 38.3 Å². The molecule has 1 heterocycles. The van der Waals surface area contributed by atoms with Crippen LogP contribution in [0.5, 0.6) is 0 Å². The van der Waals surface area contributed by atoms with Crippen LogP contribution in [0.1, 0.15) is 26.2 Å². The fourth-order valence-electron chi connectivity index (χ4n) is 1.51. The zero-order valence-electron chi connectivity index (χ0n) is 6.77. The molecule has 1 fully saturated rings. The quantitative estimate of drug-likeness (QED) is 0.596. The van der Waals surface area contributed by atoms with Crippen molar-refractivity contribution in [3.8, 4) is 0 Å². The van der Waals surface area contributed by atoms with Gasteiger partial charge >= 0.3 is 0 Å². The summed E-state index contributed by atoms with van der Waals surface area (Å²) in [6.07, 6.45) is 3.84. The summed E-state index contributed by atoms with van der Waals surface area (Å²) in [4.78, 5) is 0. The van der Waals surface area contributed by atoms with Gasteiger partial charge in [0.2, 0.25) is 0 Å². The highest BCUT2D eigenvalue weighted by Crippen LogP contribution is 2.14. The summed E-state index contributed by atoms with van der Waals surface area (Å²) in [7, 11) is 0. The molecule has 0 bridgehead atoms. The Morgan fingerprint density at radius 1 is 1.50 bits per heavy atom. The third kappa shape index (κ3) is 2.27. The third-order valence-electron chi connectivity index (χ3n) is 2.28. The molecule has 1 saturated heterocycles. The van der Waals surface area contributed by atoms with Crippen LogP contribution in [0.4, 0.5) is 0 Å². The molecule has 0 aromatic carbocycles. The molecule has 0 spiro atoms. The van der Waals surface area contributed by atoms with Crippen LogP contribution in [-0.2, 0) is 0 Å². The van der Waals surface area contributed by atoms with Gasteiger partial charge in [-0.3, -0.25) is 0 Å². The van der Waals surface area contributed by atoms with E-state index in [1.54, 1.807) is 0 Å². The van der Waals surface area contributed by atoms with Gasteiger partial charge in [0.15, 0.2) is 0 Å². The molecular formula is C8H18N2. The number of piperidine rings is 1. The van der Waals surface area contributed by atoms with E-state index in [1.807, 2.05) is 0 Å². The Hall–Kier alpha value is -0.0800. The first-order chi connectivity index (χ1) is 4.83. The molecule has 60 valence electrons. The van der Waals surface area contributed by atoms with Gasteiger partial charge in [-0.2, -0.15) is 0 Å². The van der Waals surface area contributed by atoms with E-state index in [0.29, 0.717) is 6.04 Å². The molecular weight excluding hydrogens is 124 g/mol. The van der Waals surface area contributed by atoms with Gasteiger partial charge < -0.3 is 11.1 Å². The summed E-state index contributed by atoms with van der Waals surface area (Å²) in [5.41, 5.74) is 5.45. The van der Waals surface area contributed by atoms with Crippen molar-refractivity contribution in [1.29, 1.82) is 0 Å². The molecule has 2 unspecified atom stereocenters. The van der Waals surface area contributed by atoms with Crippen LogP contribution in [0.15, 0.2) is 0 Å². The fraction of sp³-hybridized carbons (Fsp3) is 1.00. The second-order valence-corrected chi connectivity index (χ2v) is 3.37. The molecule has 3 N–H and O–H groups in total. The average molecular weight is 142 g/mol. The topological polar surface area (TPSA) is 38.0 Å². The summed E-state index contributed by atoms with van der Waals surface area (Å²) in [6.45, 7) is 4.31. The number of hydrogen-bond donors (Lipinski definition) is 2. The Bertz CT molecular complexity index is 85.3. The SMILES string of the molecule is CC1CCC(CCN)NC1. The van der Waals surface area contributed by atoms with Gasteiger partial charge in [-0.25, -0.2) is 0 Å². The molecule has 1 rings (SSSR count). The molecule has 2 atom stereocenters. The minimum absolute atomic E-state index is 0.709. The van der Waals surface area contributed by atoms with E-state index in [9.17, 15) is 0 Å². The van der Waals surface area contributed by atoms with Gasteiger partial charge in [0.1, 0.15) is 0 Å². The standard InChI is InChI=1S/C8H18N2/c1-7-2-3-8(4-5-9)10-6-7/h7-8,10H,2-6,9H2,1H3. The highest BCUT2D eigenvalue weighted by atomic mass is 14.9. The summed E-state index contributed by atoms with van der Waals surface area (Å²) < 4.78 is 0. The predicted molar refractivity (Wildman–Crippen MR) is 43.9 cm³/mol. The van der Waals surface area contributed by atoms with Gasteiger partial charge in [-0.1, -0.05) is 6.92 Å². The highest BCUT2D eigenvalue weighted by molar-refractivity contribution is 4.75. The van der Waals surface area contributed by atoms with E-state index in [-0.39, 0.29) is 0 Å². The Labute approximate surface area is 63.2 Å². The molecule has 1 aliphatic heterocycles. The second kappa shape index (κ2) is 3.94. The fourth-order valence-corrected chi connectivity index (χ4v) is 1.51. The van der Waals surface area contributed by atoms with Gasteiger partial charge in [0.25, 0.3) is 0 Å². The lowest BCUT2D eigenvalue weighted by atomic mass is 9.95. The maximum atomic E-state index is 5.45. The van der Waals surface area contributed by atoms with Gasteiger partial charge in [-0.15, -0.1) is 0 Å². The minimum atomic E-state index is 0.709. The first-order valence-electron chi connectivity index (χ1n) is 4.26. The molecule has 1 aliphatic rings. The number of rotatable bonds is 2. The van der Waals surface area contributed by atoms with Crippen molar-refractivity contribution in [3.05, 3.63) is 0 Å². The van der Waals surface area contributed by atoms with Gasteiger partial charge in [0.05, 0.1) is 0 Å². The maximum Gasteiger partial charge on any atom is 0.00792 e. The summed E-state index contributed by atoms with van der Waals surface area (Å²) in [5.74, 6) is 0.869. The lowest BCUT2D eigenvalue weighted by molar-refractivity contribution is 0.318. The second-order valence-electron chi connectivity index (χ2n) is 3.37. The third-order valence-corrected chi connectivity index (χ3v) is 2.28. The number of nitrogens with two attached hydrogens (primary N) is 1. The lowest BCUT2D eigenvalue weighted by Crippen LogP contribution is -2.39. The Kier molecular flexibility index (Phi) is 3.16. The van der Waals surface area contributed by atoms with Crippen LogP contribution in [0.2, 0.25) is 0 Å². The average Bonchev–Trinajstić information content (AvgIpc) is 1.95. The predicted octanol–water partition coefficient (Wildman–Crippen LogP) is 0.723. The molecule has 0 aromatic rings. The summed E-state index contributed by atoms with van der Waals surface area (Å²) in [6, 6.07) is 0.709. The normalized spacial score (nSPS) is 34.2. The first-order valence-corrected chi connectivity index (χ1v) is 4.26. The van der Waals surface area contributed by atoms with E-state index in [2.05, 4.69) is 12.2 Å².